The summed E-state index contributed by atoms with van der Waals surface area (Å²) in [6, 6.07) is 29.3. The summed E-state index contributed by atoms with van der Waals surface area (Å²) in [5.74, 6) is -0.372. The van der Waals surface area contributed by atoms with E-state index in [2.05, 4.69) is 83.1 Å². The van der Waals surface area contributed by atoms with Gasteiger partial charge in [0.1, 0.15) is 12.1 Å². The number of hydrogen-bond acceptors (Lipinski definition) is 6. The van der Waals surface area contributed by atoms with Crippen molar-refractivity contribution in [3.8, 4) is 0 Å². The number of hydrogen-bond donors (Lipinski definition) is 0. The van der Waals surface area contributed by atoms with Crippen LogP contribution in [0.2, 0.25) is 5.04 Å². The quantitative estimate of drug-likeness (QED) is 0.203. The average molecular weight is 659 g/mol. The molecular weight excluding hydrogens is 613 g/mol. The van der Waals surface area contributed by atoms with E-state index in [0.717, 1.165) is 16.7 Å². The molecule has 6 nitrogen and oxygen atoms in total. The van der Waals surface area contributed by atoms with Crippen molar-refractivity contribution in [1.82, 2.24) is 0 Å². The predicted molar refractivity (Wildman–Crippen MR) is 182 cm³/mol. The van der Waals surface area contributed by atoms with Crippen LogP contribution in [0.15, 0.2) is 95.9 Å². The van der Waals surface area contributed by atoms with Gasteiger partial charge in [-0.2, -0.15) is 0 Å². The van der Waals surface area contributed by atoms with Gasteiger partial charge in [0.15, 0.2) is 9.84 Å². The minimum absolute atomic E-state index is 0.103. The van der Waals surface area contributed by atoms with Crippen LogP contribution in [0.1, 0.15) is 60.3 Å². The highest BCUT2D eigenvalue weighted by atomic mass is 32.2. The molecule has 0 N–H and O–H groups in total. The molecule has 46 heavy (non-hydrogen) atoms. The van der Waals surface area contributed by atoms with E-state index in [4.69, 9.17) is 9.16 Å². The first-order valence-electron chi connectivity index (χ1n) is 16.4. The van der Waals surface area contributed by atoms with Gasteiger partial charge in [0.25, 0.3) is 8.32 Å². The average Bonchev–Trinajstić information content (AvgIpc) is 3.04. The number of benzene rings is 3. The van der Waals surface area contributed by atoms with Crippen molar-refractivity contribution in [1.29, 1.82) is 0 Å². The SMILES string of the molecule is CC1(C)[C@H]2C[C@@]3(CCO[Si](c4ccccc4)(c4ccccc4)C(C)(C)C)C(=O)CC[C@]1(C=O)[C@H]3O[C@H]2CS(=O)(=O)c1ccccc1. The fourth-order valence-electron chi connectivity index (χ4n) is 9.22. The van der Waals surface area contributed by atoms with E-state index in [1.54, 1.807) is 30.3 Å². The van der Waals surface area contributed by atoms with Gasteiger partial charge < -0.3 is 14.0 Å². The minimum Gasteiger partial charge on any atom is -0.407 e. The first-order valence-corrected chi connectivity index (χ1v) is 20.0. The lowest BCUT2D eigenvalue weighted by molar-refractivity contribution is -0.298. The molecule has 4 bridgehead atoms. The van der Waals surface area contributed by atoms with Gasteiger partial charge in [0.05, 0.1) is 33.7 Å². The van der Waals surface area contributed by atoms with Crippen LogP contribution in [-0.2, 0) is 28.6 Å². The number of aldehydes is 1. The largest absolute Gasteiger partial charge is 0.407 e. The van der Waals surface area contributed by atoms with Crippen molar-refractivity contribution >= 4 is 40.6 Å². The molecule has 3 aromatic carbocycles. The molecule has 0 amide bonds. The van der Waals surface area contributed by atoms with E-state index in [9.17, 15) is 18.0 Å². The van der Waals surface area contributed by atoms with Crippen LogP contribution in [-0.4, -0.2) is 53.4 Å². The zero-order valence-electron chi connectivity index (χ0n) is 27.6. The Morgan fingerprint density at radius 1 is 0.913 bits per heavy atom. The van der Waals surface area contributed by atoms with E-state index in [1.807, 2.05) is 12.1 Å². The second kappa shape index (κ2) is 11.7. The topological polar surface area (TPSA) is 86.7 Å². The lowest BCUT2D eigenvalue weighted by atomic mass is 9.38. The fraction of sp³-hybridized carbons (Fsp3) is 0.474. The Morgan fingerprint density at radius 3 is 1.98 bits per heavy atom. The molecule has 0 spiro atoms. The van der Waals surface area contributed by atoms with Gasteiger partial charge in [-0.05, 0) is 58.1 Å². The Kier molecular flexibility index (Phi) is 8.36. The van der Waals surface area contributed by atoms with E-state index in [0.29, 0.717) is 32.3 Å². The van der Waals surface area contributed by atoms with Crippen LogP contribution in [0.5, 0.6) is 0 Å². The summed E-state index contributed by atoms with van der Waals surface area (Å²) >= 11 is 0. The molecule has 5 atom stereocenters. The van der Waals surface area contributed by atoms with Gasteiger partial charge in [-0.3, -0.25) is 4.79 Å². The lowest BCUT2D eigenvalue weighted by Gasteiger charge is -2.70. The maximum Gasteiger partial charge on any atom is 0.261 e. The number of rotatable bonds is 10. The number of ketones is 1. The number of ether oxygens (including phenoxy) is 1. The summed E-state index contributed by atoms with van der Waals surface area (Å²) in [7, 11) is -6.51. The van der Waals surface area contributed by atoms with Gasteiger partial charge in [-0.25, -0.2) is 8.42 Å². The molecule has 4 fully saturated rings. The second-order valence-electron chi connectivity index (χ2n) is 15.2. The summed E-state index contributed by atoms with van der Waals surface area (Å²) in [5, 5.41) is 2.10. The molecule has 2 aliphatic carbocycles. The van der Waals surface area contributed by atoms with Crippen LogP contribution in [0.4, 0.5) is 0 Å². The molecule has 2 aliphatic heterocycles. The summed E-state index contributed by atoms with van der Waals surface area (Å²) in [4.78, 5) is 27.6. The number of Topliss-reactive ketones (excluding diaryl/α,β-unsaturated/α-hetero) is 1. The third-order valence-corrected chi connectivity index (χ3v) is 18.5. The molecule has 3 aromatic rings. The Hall–Kier alpha value is -2.91. The van der Waals surface area contributed by atoms with Gasteiger partial charge in [-0.1, -0.05) is 113 Å². The molecule has 8 heteroatoms. The van der Waals surface area contributed by atoms with Gasteiger partial charge in [0, 0.05) is 13.0 Å². The molecular formula is C38H46O6SSi. The first kappa shape index (κ1) is 33.0. The minimum atomic E-state index is -3.65. The fourth-order valence-corrected chi connectivity index (χ4v) is 15.3. The van der Waals surface area contributed by atoms with E-state index in [1.165, 1.54) is 0 Å². The normalized spacial score (nSPS) is 29.0. The molecule has 244 valence electrons. The predicted octanol–water partition coefficient (Wildman–Crippen LogP) is 5.78. The van der Waals surface area contributed by atoms with Crippen molar-refractivity contribution in [3.63, 3.8) is 0 Å². The standard InChI is InChI=1S/C38H46O6SSi/c1-35(2,3)46(29-17-11-7-12-18-29,30-19-13-8-14-20-30)43-24-23-37-25-31-32(26-45(41,42)28-15-9-6-10-16-28)44-34(37)38(27-39,36(31,4)5)22-21-33(37)40/h6-20,27,31-32,34H,21-26H2,1-5H3/t31-,32-,34-,37-,38-/m0/s1. The molecule has 2 heterocycles. The maximum atomic E-state index is 14.1. The molecule has 7 rings (SSSR count). The zero-order valence-corrected chi connectivity index (χ0v) is 29.4. The zero-order chi connectivity index (χ0) is 33.0. The Bertz CT molecular complexity index is 1650. The molecule has 0 aromatic heterocycles. The van der Waals surface area contributed by atoms with Crippen molar-refractivity contribution in [2.24, 2.45) is 22.2 Å². The van der Waals surface area contributed by atoms with Crippen molar-refractivity contribution in [2.45, 2.75) is 82.4 Å². The molecule has 0 unspecified atom stereocenters. The van der Waals surface area contributed by atoms with Crippen molar-refractivity contribution in [3.05, 3.63) is 91.0 Å². The third kappa shape index (κ3) is 4.90. The summed E-state index contributed by atoms with van der Waals surface area (Å²) in [6.45, 7) is 11.2. The Morgan fingerprint density at radius 2 is 1.46 bits per heavy atom. The summed E-state index contributed by atoms with van der Waals surface area (Å²) in [5.41, 5.74) is -2.34. The highest BCUT2D eigenvalue weighted by molar-refractivity contribution is 7.91. The molecule has 2 saturated heterocycles. The smallest absolute Gasteiger partial charge is 0.261 e. The van der Waals surface area contributed by atoms with Crippen LogP contribution >= 0.6 is 0 Å². The van der Waals surface area contributed by atoms with Gasteiger partial charge >= 0.3 is 0 Å². The van der Waals surface area contributed by atoms with Crippen LogP contribution in [0, 0.1) is 22.2 Å². The highest BCUT2D eigenvalue weighted by Gasteiger charge is 2.74. The van der Waals surface area contributed by atoms with Crippen LogP contribution in [0.25, 0.3) is 0 Å². The number of fused-ring (bicyclic) bond motifs is 1. The number of sulfone groups is 1. The van der Waals surface area contributed by atoms with Gasteiger partial charge in [-0.15, -0.1) is 0 Å². The molecule has 0 radical (unpaired) electrons. The molecule has 4 aliphatic rings. The second-order valence-corrected chi connectivity index (χ2v) is 21.5. The third-order valence-electron chi connectivity index (χ3n) is 11.7. The van der Waals surface area contributed by atoms with Crippen LogP contribution < -0.4 is 10.4 Å². The van der Waals surface area contributed by atoms with Crippen LogP contribution in [0.3, 0.4) is 0 Å². The lowest BCUT2D eigenvalue weighted by Crippen LogP contribution is -2.75. The van der Waals surface area contributed by atoms with Crippen molar-refractivity contribution in [2.75, 3.05) is 12.4 Å². The van der Waals surface area contributed by atoms with E-state index >= 15 is 0 Å². The summed E-state index contributed by atoms with van der Waals surface area (Å²) < 4.78 is 41.1. The van der Waals surface area contributed by atoms with E-state index in [-0.39, 0.29) is 27.4 Å². The Labute approximate surface area is 275 Å². The monoisotopic (exact) mass is 658 g/mol. The molecule has 2 saturated carbocycles. The summed E-state index contributed by atoms with van der Waals surface area (Å²) in [6.07, 6.45) is 1.32. The van der Waals surface area contributed by atoms with Gasteiger partial charge in [0.2, 0.25) is 0 Å². The van der Waals surface area contributed by atoms with E-state index < -0.39 is 46.6 Å². The first-order chi connectivity index (χ1) is 21.8. The highest BCUT2D eigenvalue weighted by Crippen LogP contribution is 2.69. The number of carbonyl (C=O) groups excluding carboxylic acids is 2. The van der Waals surface area contributed by atoms with Crippen molar-refractivity contribution < 1.29 is 27.2 Å². The maximum absolute atomic E-state index is 14.1. The Balaban J connectivity index is 1.36. The number of carbonyl (C=O) groups is 2.